The van der Waals surface area contributed by atoms with Crippen LogP contribution in [0.1, 0.15) is 45.4 Å². The van der Waals surface area contributed by atoms with Gasteiger partial charge in [0.1, 0.15) is 0 Å². The Morgan fingerprint density at radius 1 is 1.15 bits per heavy atom. The summed E-state index contributed by atoms with van der Waals surface area (Å²) in [7, 11) is 0. The van der Waals surface area contributed by atoms with Crippen LogP contribution in [0.5, 0.6) is 0 Å². The number of unbranched alkanes of at least 4 members (excludes halogenated alkanes) is 1. The number of rotatable bonds is 7. The van der Waals surface area contributed by atoms with Gasteiger partial charge in [0.15, 0.2) is 0 Å². The first-order valence-electron chi connectivity index (χ1n) is 7.20. The van der Waals surface area contributed by atoms with E-state index in [0.29, 0.717) is 51.8 Å². The van der Waals surface area contributed by atoms with Crippen LogP contribution in [0.4, 0.5) is 0 Å². The number of ether oxygens (including phenoxy) is 1. The smallest absolute Gasteiger partial charge is 0.309 e. The molecule has 20 heavy (non-hydrogen) atoms. The average molecular weight is 285 g/mol. The van der Waals surface area contributed by atoms with E-state index >= 15 is 0 Å². The minimum absolute atomic E-state index is 0.0534. The van der Waals surface area contributed by atoms with Gasteiger partial charge in [-0.2, -0.15) is 0 Å². The topological polar surface area (TPSA) is 83.9 Å². The van der Waals surface area contributed by atoms with E-state index in [4.69, 9.17) is 9.84 Å². The molecule has 1 heterocycles. The Labute approximate surface area is 119 Å². The van der Waals surface area contributed by atoms with Crippen LogP contribution >= 0.6 is 0 Å². The second kappa shape index (κ2) is 8.55. The molecular weight excluding hydrogens is 262 g/mol. The number of likely N-dealkylation sites (tertiary alicyclic amines) is 1. The maximum Gasteiger partial charge on any atom is 0.309 e. The van der Waals surface area contributed by atoms with Gasteiger partial charge in [-0.25, -0.2) is 0 Å². The second-order valence-corrected chi connectivity index (χ2v) is 5.01. The normalized spacial score (nSPS) is 15.9. The fourth-order valence-electron chi connectivity index (χ4n) is 2.34. The number of hydrogen-bond acceptors (Lipinski definition) is 4. The van der Waals surface area contributed by atoms with Crippen molar-refractivity contribution in [1.82, 2.24) is 4.90 Å². The highest BCUT2D eigenvalue weighted by Gasteiger charge is 2.27. The van der Waals surface area contributed by atoms with E-state index in [2.05, 4.69) is 0 Å². The molecule has 1 aliphatic rings. The summed E-state index contributed by atoms with van der Waals surface area (Å²) in [6.45, 7) is 3.34. The number of carboxylic acid groups (broad SMARTS) is 1. The first-order chi connectivity index (χ1) is 9.54. The number of carboxylic acids is 1. The third kappa shape index (κ3) is 5.59. The predicted octanol–water partition coefficient (Wildman–Crippen LogP) is 1.43. The van der Waals surface area contributed by atoms with Crippen LogP contribution in [0, 0.1) is 5.92 Å². The van der Waals surface area contributed by atoms with Crippen molar-refractivity contribution in [3.05, 3.63) is 0 Å². The molecule has 0 spiro atoms. The van der Waals surface area contributed by atoms with Gasteiger partial charge in [0.2, 0.25) is 5.91 Å². The van der Waals surface area contributed by atoms with Gasteiger partial charge in [-0.1, -0.05) is 0 Å². The maximum absolute atomic E-state index is 11.9. The molecule has 0 saturated carbocycles. The van der Waals surface area contributed by atoms with E-state index in [9.17, 15) is 14.4 Å². The standard InChI is InChI=1S/C14H23NO5/c1-2-20-14(19)11-7-9-15(10-8-11)12(16)5-3-4-6-13(17)18/h11H,2-10H2,1H3,(H,17,18). The number of amides is 1. The van der Waals surface area contributed by atoms with Gasteiger partial charge in [0, 0.05) is 25.9 Å². The third-order valence-electron chi connectivity index (χ3n) is 3.50. The number of aliphatic carboxylic acids is 1. The van der Waals surface area contributed by atoms with E-state index < -0.39 is 5.97 Å². The minimum atomic E-state index is -0.826. The molecule has 0 aliphatic carbocycles. The molecule has 1 rings (SSSR count). The Bertz CT molecular complexity index is 347. The number of nitrogens with zero attached hydrogens (tertiary/aromatic N) is 1. The number of esters is 1. The van der Waals surface area contributed by atoms with Crippen LogP contribution in [0.15, 0.2) is 0 Å². The second-order valence-electron chi connectivity index (χ2n) is 5.01. The summed E-state index contributed by atoms with van der Waals surface area (Å²) < 4.78 is 4.98. The van der Waals surface area contributed by atoms with Crippen LogP contribution in [-0.2, 0) is 19.1 Å². The first kappa shape index (κ1) is 16.5. The maximum atomic E-state index is 11.9. The third-order valence-corrected chi connectivity index (χ3v) is 3.50. The molecule has 0 radical (unpaired) electrons. The molecule has 0 bridgehead atoms. The monoisotopic (exact) mass is 285 g/mol. The van der Waals surface area contributed by atoms with E-state index in [1.165, 1.54) is 0 Å². The molecule has 0 aromatic rings. The van der Waals surface area contributed by atoms with Crippen LogP contribution < -0.4 is 0 Å². The molecule has 1 saturated heterocycles. The van der Waals surface area contributed by atoms with Crippen LogP contribution in [0.25, 0.3) is 0 Å². The van der Waals surface area contributed by atoms with Crippen molar-refractivity contribution in [2.24, 2.45) is 5.92 Å². The lowest BCUT2D eigenvalue weighted by Crippen LogP contribution is -2.40. The highest BCUT2D eigenvalue weighted by atomic mass is 16.5. The van der Waals surface area contributed by atoms with Gasteiger partial charge in [-0.15, -0.1) is 0 Å². The zero-order valence-corrected chi connectivity index (χ0v) is 12.0. The Morgan fingerprint density at radius 3 is 2.30 bits per heavy atom. The summed E-state index contributed by atoms with van der Waals surface area (Å²) in [6.07, 6.45) is 2.93. The molecule has 1 N–H and O–H groups in total. The van der Waals surface area contributed by atoms with Crippen molar-refractivity contribution in [3.8, 4) is 0 Å². The molecule has 0 atom stereocenters. The SMILES string of the molecule is CCOC(=O)C1CCN(C(=O)CCCCC(=O)O)CC1. The van der Waals surface area contributed by atoms with Crippen molar-refractivity contribution < 1.29 is 24.2 Å². The molecule has 0 unspecified atom stereocenters. The predicted molar refractivity (Wildman–Crippen MR) is 72.0 cm³/mol. The van der Waals surface area contributed by atoms with Crippen molar-refractivity contribution in [2.45, 2.75) is 45.4 Å². The van der Waals surface area contributed by atoms with E-state index in [0.717, 1.165) is 0 Å². The fourth-order valence-corrected chi connectivity index (χ4v) is 2.34. The number of carbonyl (C=O) groups is 3. The van der Waals surface area contributed by atoms with Crippen LogP contribution in [0.2, 0.25) is 0 Å². The van der Waals surface area contributed by atoms with Crippen molar-refractivity contribution in [3.63, 3.8) is 0 Å². The van der Waals surface area contributed by atoms with E-state index in [-0.39, 0.29) is 24.2 Å². The zero-order chi connectivity index (χ0) is 15.0. The molecule has 1 aliphatic heterocycles. The van der Waals surface area contributed by atoms with Gasteiger partial charge >= 0.3 is 11.9 Å². The lowest BCUT2D eigenvalue weighted by Gasteiger charge is -2.31. The fraction of sp³-hybridized carbons (Fsp3) is 0.786. The number of hydrogen-bond donors (Lipinski definition) is 1. The largest absolute Gasteiger partial charge is 0.481 e. The quantitative estimate of drug-likeness (QED) is 0.565. The average Bonchev–Trinajstić information content (AvgIpc) is 2.43. The summed E-state index contributed by atoms with van der Waals surface area (Å²) in [6, 6.07) is 0. The number of carbonyl (C=O) groups excluding carboxylic acids is 2. The molecule has 6 nitrogen and oxygen atoms in total. The Hall–Kier alpha value is -1.59. The van der Waals surface area contributed by atoms with Gasteiger partial charge in [0.05, 0.1) is 12.5 Å². The Kier molecular flexibility index (Phi) is 7.04. The Morgan fingerprint density at radius 2 is 1.75 bits per heavy atom. The molecule has 0 aromatic carbocycles. The lowest BCUT2D eigenvalue weighted by atomic mass is 9.96. The van der Waals surface area contributed by atoms with Gasteiger partial charge in [-0.3, -0.25) is 14.4 Å². The van der Waals surface area contributed by atoms with Gasteiger partial charge < -0.3 is 14.7 Å². The van der Waals surface area contributed by atoms with Gasteiger partial charge in [-0.05, 0) is 32.6 Å². The van der Waals surface area contributed by atoms with E-state index in [1.807, 2.05) is 0 Å². The molecule has 6 heteroatoms. The molecular formula is C14H23NO5. The summed E-state index contributed by atoms with van der Waals surface area (Å²) in [4.78, 5) is 35.6. The van der Waals surface area contributed by atoms with Crippen LogP contribution in [0.3, 0.4) is 0 Å². The summed E-state index contributed by atoms with van der Waals surface area (Å²) in [5.41, 5.74) is 0. The highest BCUT2D eigenvalue weighted by molar-refractivity contribution is 5.77. The lowest BCUT2D eigenvalue weighted by molar-refractivity contribution is -0.151. The molecule has 114 valence electrons. The highest BCUT2D eigenvalue weighted by Crippen LogP contribution is 2.19. The van der Waals surface area contributed by atoms with Crippen molar-refractivity contribution >= 4 is 17.8 Å². The molecule has 1 fully saturated rings. The van der Waals surface area contributed by atoms with Gasteiger partial charge in [0.25, 0.3) is 0 Å². The summed E-state index contributed by atoms with van der Waals surface area (Å²) >= 11 is 0. The van der Waals surface area contributed by atoms with Crippen LogP contribution in [-0.4, -0.2) is 47.5 Å². The molecule has 1 amide bonds. The Balaban J connectivity index is 2.22. The summed E-state index contributed by atoms with van der Waals surface area (Å²) in [5, 5.41) is 8.51. The van der Waals surface area contributed by atoms with Crippen molar-refractivity contribution in [2.75, 3.05) is 19.7 Å². The zero-order valence-electron chi connectivity index (χ0n) is 12.0. The minimum Gasteiger partial charge on any atom is -0.481 e. The van der Waals surface area contributed by atoms with E-state index in [1.54, 1.807) is 11.8 Å². The number of piperidine rings is 1. The summed E-state index contributed by atoms with van der Waals surface area (Å²) in [5.74, 6) is -1.03. The molecule has 0 aromatic heterocycles. The van der Waals surface area contributed by atoms with Crippen molar-refractivity contribution in [1.29, 1.82) is 0 Å². The first-order valence-corrected chi connectivity index (χ1v) is 7.20.